The molecule has 18 heavy (non-hydrogen) atoms. The van der Waals surface area contributed by atoms with Crippen LogP contribution in [0.4, 0.5) is 4.39 Å². The molecule has 100 valence electrons. The van der Waals surface area contributed by atoms with Crippen molar-refractivity contribution in [3.05, 3.63) is 34.1 Å². The summed E-state index contributed by atoms with van der Waals surface area (Å²) in [5, 5.41) is 3.36. The average molecular weight is 316 g/mol. The quantitative estimate of drug-likeness (QED) is 0.918. The fourth-order valence-electron chi connectivity index (χ4n) is 2.20. The lowest BCUT2D eigenvalue weighted by Gasteiger charge is -2.33. The van der Waals surface area contributed by atoms with E-state index in [4.69, 9.17) is 4.74 Å². The molecule has 0 radical (unpaired) electrons. The molecular formula is C14H19BrFNO. The van der Waals surface area contributed by atoms with Crippen LogP contribution in [-0.4, -0.2) is 19.8 Å². The maximum atomic E-state index is 13.6. The number of halogens is 2. The molecule has 1 heterocycles. The second kappa shape index (κ2) is 6.13. The van der Waals surface area contributed by atoms with E-state index < -0.39 is 0 Å². The molecular weight excluding hydrogens is 297 g/mol. The van der Waals surface area contributed by atoms with Crippen LogP contribution in [0.2, 0.25) is 0 Å². The third-order valence-corrected chi connectivity index (χ3v) is 4.08. The summed E-state index contributed by atoms with van der Waals surface area (Å²) in [6.45, 7) is 5.43. The summed E-state index contributed by atoms with van der Waals surface area (Å²) in [7, 11) is 0. The van der Waals surface area contributed by atoms with Crippen LogP contribution in [0.1, 0.15) is 25.3 Å². The monoisotopic (exact) mass is 315 g/mol. The van der Waals surface area contributed by atoms with Gasteiger partial charge in [0.1, 0.15) is 5.82 Å². The van der Waals surface area contributed by atoms with E-state index in [9.17, 15) is 4.39 Å². The first-order valence-corrected chi connectivity index (χ1v) is 7.11. The molecule has 1 aliphatic heterocycles. The molecule has 0 atom stereocenters. The van der Waals surface area contributed by atoms with Crippen molar-refractivity contribution in [1.29, 1.82) is 0 Å². The standard InChI is InChI=1S/C14H19BrFNO/c1-14(4-6-18-7-5-14)10-17-9-11-2-3-12(15)8-13(11)16/h2-3,8,17H,4-7,9-10H2,1H3. The molecule has 0 aromatic heterocycles. The van der Waals surface area contributed by atoms with E-state index in [-0.39, 0.29) is 11.2 Å². The molecule has 0 saturated carbocycles. The molecule has 1 N–H and O–H groups in total. The molecule has 0 amide bonds. The van der Waals surface area contributed by atoms with Crippen LogP contribution >= 0.6 is 15.9 Å². The van der Waals surface area contributed by atoms with Gasteiger partial charge < -0.3 is 10.1 Å². The van der Waals surface area contributed by atoms with E-state index in [2.05, 4.69) is 28.2 Å². The van der Waals surface area contributed by atoms with Crippen molar-refractivity contribution in [3.63, 3.8) is 0 Å². The Labute approximate surface area is 116 Å². The Morgan fingerprint density at radius 3 is 2.78 bits per heavy atom. The molecule has 1 saturated heterocycles. The van der Waals surface area contributed by atoms with E-state index in [1.807, 2.05) is 12.1 Å². The summed E-state index contributed by atoms with van der Waals surface area (Å²) in [6, 6.07) is 5.20. The van der Waals surface area contributed by atoms with Crippen LogP contribution in [0.25, 0.3) is 0 Å². The largest absolute Gasteiger partial charge is 0.381 e. The van der Waals surface area contributed by atoms with Gasteiger partial charge in [-0.15, -0.1) is 0 Å². The normalized spacial score (nSPS) is 18.8. The number of nitrogens with one attached hydrogen (secondary N) is 1. The smallest absolute Gasteiger partial charge is 0.128 e. The van der Waals surface area contributed by atoms with Crippen molar-refractivity contribution < 1.29 is 9.13 Å². The van der Waals surface area contributed by atoms with Gasteiger partial charge >= 0.3 is 0 Å². The van der Waals surface area contributed by atoms with Crippen molar-refractivity contribution in [2.75, 3.05) is 19.8 Å². The number of benzene rings is 1. The Morgan fingerprint density at radius 1 is 1.39 bits per heavy atom. The Kier molecular flexibility index (Phi) is 4.76. The molecule has 0 aliphatic carbocycles. The maximum Gasteiger partial charge on any atom is 0.128 e. The lowest BCUT2D eigenvalue weighted by molar-refractivity contribution is 0.0240. The van der Waals surface area contributed by atoms with E-state index in [1.165, 1.54) is 6.07 Å². The van der Waals surface area contributed by atoms with E-state index in [0.29, 0.717) is 12.1 Å². The van der Waals surface area contributed by atoms with Crippen molar-refractivity contribution in [2.45, 2.75) is 26.3 Å². The highest BCUT2D eigenvalue weighted by molar-refractivity contribution is 9.10. The van der Waals surface area contributed by atoms with Gasteiger partial charge in [-0.05, 0) is 30.4 Å². The Hall–Kier alpha value is -0.450. The maximum absolute atomic E-state index is 13.6. The minimum Gasteiger partial charge on any atom is -0.381 e. The first-order chi connectivity index (χ1) is 8.59. The van der Waals surface area contributed by atoms with Gasteiger partial charge in [-0.25, -0.2) is 4.39 Å². The fraction of sp³-hybridized carbons (Fsp3) is 0.571. The minimum absolute atomic E-state index is 0.158. The number of hydrogen-bond acceptors (Lipinski definition) is 2. The predicted molar refractivity (Wildman–Crippen MR) is 74.0 cm³/mol. The first kappa shape index (κ1) is 14.0. The second-order valence-electron chi connectivity index (χ2n) is 5.26. The lowest BCUT2D eigenvalue weighted by atomic mass is 9.82. The van der Waals surface area contributed by atoms with Gasteiger partial charge in [0.25, 0.3) is 0 Å². The first-order valence-electron chi connectivity index (χ1n) is 6.31. The van der Waals surface area contributed by atoms with Crippen molar-refractivity contribution in [1.82, 2.24) is 5.32 Å². The Bertz CT molecular complexity index is 405. The summed E-state index contributed by atoms with van der Waals surface area (Å²) in [4.78, 5) is 0. The van der Waals surface area contributed by atoms with Crippen molar-refractivity contribution in [2.24, 2.45) is 5.41 Å². The fourth-order valence-corrected chi connectivity index (χ4v) is 2.54. The second-order valence-corrected chi connectivity index (χ2v) is 6.18. The van der Waals surface area contributed by atoms with E-state index in [0.717, 1.165) is 37.1 Å². The van der Waals surface area contributed by atoms with Gasteiger partial charge in [-0.3, -0.25) is 0 Å². The number of hydrogen-bond donors (Lipinski definition) is 1. The molecule has 0 bridgehead atoms. The molecule has 4 heteroatoms. The van der Waals surface area contributed by atoms with Crippen LogP contribution in [0.15, 0.2) is 22.7 Å². The average Bonchev–Trinajstić information content (AvgIpc) is 2.33. The molecule has 1 fully saturated rings. The third kappa shape index (κ3) is 3.77. The zero-order valence-electron chi connectivity index (χ0n) is 10.6. The Morgan fingerprint density at radius 2 is 2.11 bits per heavy atom. The molecule has 1 aliphatic rings. The number of ether oxygens (including phenoxy) is 1. The van der Waals surface area contributed by atoms with Gasteiger partial charge in [-0.1, -0.05) is 28.9 Å². The SMILES string of the molecule is CC1(CNCc2ccc(Br)cc2F)CCOCC1. The zero-order chi connectivity index (χ0) is 13.0. The Balaban J connectivity index is 1.84. The van der Waals surface area contributed by atoms with Crippen LogP contribution in [0, 0.1) is 11.2 Å². The topological polar surface area (TPSA) is 21.3 Å². The van der Waals surface area contributed by atoms with Gasteiger partial charge in [-0.2, -0.15) is 0 Å². The van der Waals surface area contributed by atoms with Gasteiger partial charge in [0, 0.05) is 36.3 Å². The third-order valence-electron chi connectivity index (χ3n) is 3.58. The minimum atomic E-state index is -0.158. The summed E-state index contributed by atoms with van der Waals surface area (Å²) in [6.07, 6.45) is 2.14. The van der Waals surface area contributed by atoms with Crippen LogP contribution in [0.5, 0.6) is 0 Å². The van der Waals surface area contributed by atoms with Gasteiger partial charge in [0.15, 0.2) is 0 Å². The summed E-state index contributed by atoms with van der Waals surface area (Å²) in [5.41, 5.74) is 0.998. The van der Waals surface area contributed by atoms with Gasteiger partial charge in [0.05, 0.1) is 0 Å². The summed E-state index contributed by atoms with van der Waals surface area (Å²) < 4.78 is 19.8. The van der Waals surface area contributed by atoms with E-state index >= 15 is 0 Å². The molecule has 1 aromatic carbocycles. The van der Waals surface area contributed by atoms with E-state index in [1.54, 1.807) is 0 Å². The summed E-state index contributed by atoms with van der Waals surface area (Å²) in [5.74, 6) is -0.158. The highest BCUT2D eigenvalue weighted by Gasteiger charge is 2.26. The van der Waals surface area contributed by atoms with Gasteiger partial charge in [0.2, 0.25) is 0 Å². The molecule has 2 rings (SSSR count). The van der Waals surface area contributed by atoms with Crippen LogP contribution < -0.4 is 5.32 Å². The molecule has 1 aromatic rings. The molecule has 0 unspecified atom stereocenters. The summed E-state index contributed by atoms with van der Waals surface area (Å²) >= 11 is 3.26. The van der Waals surface area contributed by atoms with Crippen molar-refractivity contribution >= 4 is 15.9 Å². The van der Waals surface area contributed by atoms with Crippen LogP contribution in [0.3, 0.4) is 0 Å². The highest BCUT2D eigenvalue weighted by atomic mass is 79.9. The predicted octanol–water partition coefficient (Wildman–Crippen LogP) is 3.49. The molecule has 0 spiro atoms. The number of rotatable bonds is 4. The van der Waals surface area contributed by atoms with Crippen LogP contribution in [-0.2, 0) is 11.3 Å². The van der Waals surface area contributed by atoms with Crippen molar-refractivity contribution in [3.8, 4) is 0 Å². The highest BCUT2D eigenvalue weighted by Crippen LogP contribution is 2.28. The zero-order valence-corrected chi connectivity index (χ0v) is 12.2. The lowest BCUT2D eigenvalue weighted by Crippen LogP contribution is -2.36. The molecule has 2 nitrogen and oxygen atoms in total.